The number of ether oxygens (including phenoxy) is 1. The highest BCUT2D eigenvalue weighted by Gasteiger charge is 2.10. The Hall–Kier alpha value is -0.790. The van der Waals surface area contributed by atoms with Crippen molar-refractivity contribution in [2.75, 3.05) is 6.61 Å². The van der Waals surface area contributed by atoms with Crippen LogP contribution in [0.3, 0.4) is 0 Å². The monoisotopic (exact) mass is 226 g/mol. The number of hydrogen-bond donors (Lipinski definition) is 0. The first kappa shape index (κ1) is 15.2. The van der Waals surface area contributed by atoms with Gasteiger partial charge < -0.3 is 4.74 Å². The molecule has 2 nitrogen and oxygen atoms in total. The first-order valence-corrected chi connectivity index (χ1v) is 6.20. The van der Waals surface area contributed by atoms with Gasteiger partial charge in [-0.15, -0.1) is 0 Å². The number of carbonyl (C=O) groups excluding carboxylic acids is 1. The zero-order valence-electron chi connectivity index (χ0n) is 11.4. The second kappa shape index (κ2) is 8.37. The minimum Gasteiger partial charge on any atom is -0.465 e. The fourth-order valence-electron chi connectivity index (χ4n) is 1.36. The van der Waals surface area contributed by atoms with E-state index in [4.69, 9.17) is 4.74 Å². The van der Waals surface area contributed by atoms with Crippen molar-refractivity contribution in [2.24, 2.45) is 11.8 Å². The summed E-state index contributed by atoms with van der Waals surface area (Å²) in [6, 6.07) is 0. The minimum absolute atomic E-state index is 0.0570. The molecule has 0 radical (unpaired) electrons. The van der Waals surface area contributed by atoms with Gasteiger partial charge in [0.1, 0.15) is 0 Å². The van der Waals surface area contributed by atoms with Crippen LogP contribution in [0.15, 0.2) is 11.6 Å². The highest BCUT2D eigenvalue weighted by atomic mass is 16.5. The first-order chi connectivity index (χ1) is 7.41. The van der Waals surface area contributed by atoms with E-state index < -0.39 is 0 Å². The average Bonchev–Trinajstić information content (AvgIpc) is 2.14. The normalized spacial score (nSPS) is 12.4. The van der Waals surface area contributed by atoms with E-state index in [1.807, 2.05) is 13.8 Å². The molecule has 1 atom stereocenters. The van der Waals surface area contributed by atoms with Gasteiger partial charge in [0.2, 0.25) is 0 Å². The maximum atomic E-state index is 11.4. The largest absolute Gasteiger partial charge is 0.465 e. The van der Waals surface area contributed by atoms with E-state index in [9.17, 15) is 4.79 Å². The van der Waals surface area contributed by atoms with Crippen molar-refractivity contribution in [3.05, 3.63) is 11.6 Å². The lowest BCUT2D eigenvalue weighted by Gasteiger charge is -2.11. The summed E-state index contributed by atoms with van der Waals surface area (Å²) in [5.41, 5.74) is 1.34. The number of rotatable bonds is 7. The van der Waals surface area contributed by atoms with E-state index in [2.05, 4.69) is 26.8 Å². The molecule has 0 aliphatic rings. The van der Waals surface area contributed by atoms with E-state index in [-0.39, 0.29) is 5.97 Å². The molecule has 0 aromatic heterocycles. The van der Waals surface area contributed by atoms with Crippen LogP contribution < -0.4 is 0 Å². The highest BCUT2D eigenvalue weighted by molar-refractivity contribution is 5.69. The van der Waals surface area contributed by atoms with Gasteiger partial charge in [0.05, 0.1) is 6.61 Å². The Bertz CT molecular complexity index is 225. The predicted octanol–water partition coefficient (Wildman–Crippen LogP) is 3.96. The molecule has 0 N–H and O–H groups in total. The maximum Gasteiger partial charge on any atom is 0.306 e. The summed E-state index contributed by atoms with van der Waals surface area (Å²) in [5, 5.41) is 0. The summed E-state index contributed by atoms with van der Waals surface area (Å²) in [4.78, 5) is 11.4. The molecular weight excluding hydrogens is 200 g/mol. The van der Waals surface area contributed by atoms with Gasteiger partial charge in [0.15, 0.2) is 0 Å². The standard InChI is InChI=1S/C14H26O2/c1-11(2)7-6-8-13(5)9-14(15)16-10-12(3)4/h7,12-13H,6,8-10H2,1-5H3. The minimum atomic E-state index is -0.0570. The molecule has 94 valence electrons. The number of hydrogen-bond acceptors (Lipinski definition) is 2. The lowest BCUT2D eigenvalue weighted by Crippen LogP contribution is -2.13. The molecule has 0 bridgehead atoms. The lowest BCUT2D eigenvalue weighted by atomic mass is 10.0. The zero-order valence-corrected chi connectivity index (χ0v) is 11.4. The zero-order chi connectivity index (χ0) is 12.6. The quantitative estimate of drug-likeness (QED) is 0.485. The summed E-state index contributed by atoms with van der Waals surface area (Å²) in [5.74, 6) is 0.776. The Balaban J connectivity index is 3.66. The molecule has 0 aromatic carbocycles. The van der Waals surface area contributed by atoms with E-state index in [0.717, 1.165) is 12.8 Å². The van der Waals surface area contributed by atoms with Crippen LogP contribution in [0.2, 0.25) is 0 Å². The molecule has 0 aromatic rings. The van der Waals surface area contributed by atoms with Crippen LogP contribution >= 0.6 is 0 Å². The van der Waals surface area contributed by atoms with E-state index in [0.29, 0.717) is 24.9 Å². The van der Waals surface area contributed by atoms with Crippen LogP contribution in [-0.4, -0.2) is 12.6 Å². The van der Waals surface area contributed by atoms with Crippen molar-refractivity contribution in [2.45, 2.75) is 53.9 Å². The average molecular weight is 226 g/mol. The van der Waals surface area contributed by atoms with E-state index in [1.165, 1.54) is 5.57 Å². The Kier molecular flexibility index (Phi) is 7.96. The molecule has 0 rings (SSSR count). The predicted molar refractivity (Wildman–Crippen MR) is 68.2 cm³/mol. The van der Waals surface area contributed by atoms with Crippen molar-refractivity contribution in [1.29, 1.82) is 0 Å². The maximum absolute atomic E-state index is 11.4. The smallest absolute Gasteiger partial charge is 0.306 e. The summed E-state index contributed by atoms with van der Waals surface area (Å²) in [6.07, 6.45) is 4.88. The Morgan fingerprint density at radius 1 is 1.25 bits per heavy atom. The number of carbonyl (C=O) groups is 1. The second-order valence-electron chi connectivity index (χ2n) is 5.24. The number of esters is 1. The lowest BCUT2D eigenvalue weighted by molar-refractivity contribution is -0.145. The van der Waals surface area contributed by atoms with Gasteiger partial charge in [0.25, 0.3) is 0 Å². The van der Waals surface area contributed by atoms with Crippen molar-refractivity contribution in [1.82, 2.24) is 0 Å². The SMILES string of the molecule is CC(C)=CCCC(C)CC(=O)OCC(C)C. The van der Waals surface area contributed by atoms with Gasteiger partial charge in [-0.3, -0.25) is 4.79 Å². The Labute approximate surface area is 100 Å². The summed E-state index contributed by atoms with van der Waals surface area (Å²) < 4.78 is 5.15. The molecule has 0 fully saturated rings. The molecule has 16 heavy (non-hydrogen) atoms. The van der Waals surface area contributed by atoms with Crippen LogP contribution in [-0.2, 0) is 9.53 Å². The molecular formula is C14H26O2. The summed E-state index contributed by atoms with van der Waals surface area (Å²) in [7, 11) is 0. The number of allylic oxidation sites excluding steroid dienone is 2. The third kappa shape index (κ3) is 9.75. The van der Waals surface area contributed by atoms with E-state index in [1.54, 1.807) is 0 Å². The Morgan fingerprint density at radius 2 is 1.88 bits per heavy atom. The van der Waals surface area contributed by atoms with Crippen LogP contribution in [0, 0.1) is 11.8 Å². The van der Waals surface area contributed by atoms with Gasteiger partial charge >= 0.3 is 5.97 Å². The van der Waals surface area contributed by atoms with Crippen molar-refractivity contribution in [3.63, 3.8) is 0 Å². The van der Waals surface area contributed by atoms with Gasteiger partial charge in [-0.2, -0.15) is 0 Å². The highest BCUT2D eigenvalue weighted by Crippen LogP contribution is 2.12. The molecule has 0 heterocycles. The van der Waals surface area contributed by atoms with Crippen molar-refractivity contribution < 1.29 is 9.53 Å². The van der Waals surface area contributed by atoms with Gasteiger partial charge in [0, 0.05) is 6.42 Å². The van der Waals surface area contributed by atoms with Crippen molar-refractivity contribution in [3.8, 4) is 0 Å². The van der Waals surface area contributed by atoms with Crippen LogP contribution in [0.4, 0.5) is 0 Å². The molecule has 0 aliphatic heterocycles. The summed E-state index contributed by atoms with van der Waals surface area (Å²) in [6.45, 7) is 10.9. The fraction of sp³-hybridized carbons (Fsp3) is 0.786. The topological polar surface area (TPSA) is 26.3 Å². The fourth-order valence-corrected chi connectivity index (χ4v) is 1.36. The van der Waals surface area contributed by atoms with Crippen LogP contribution in [0.5, 0.6) is 0 Å². The molecule has 0 saturated heterocycles. The van der Waals surface area contributed by atoms with Gasteiger partial charge in [-0.25, -0.2) is 0 Å². The van der Waals surface area contributed by atoms with Gasteiger partial charge in [-0.05, 0) is 38.5 Å². The van der Waals surface area contributed by atoms with E-state index >= 15 is 0 Å². The van der Waals surface area contributed by atoms with Crippen LogP contribution in [0.25, 0.3) is 0 Å². The molecule has 0 amide bonds. The summed E-state index contributed by atoms with van der Waals surface area (Å²) >= 11 is 0. The molecule has 2 heteroatoms. The molecule has 0 spiro atoms. The molecule has 0 aliphatic carbocycles. The second-order valence-corrected chi connectivity index (χ2v) is 5.24. The van der Waals surface area contributed by atoms with Crippen LogP contribution in [0.1, 0.15) is 53.9 Å². The van der Waals surface area contributed by atoms with Gasteiger partial charge in [-0.1, -0.05) is 32.4 Å². The molecule has 0 saturated carbocycles. The third-order valence-corrected chi connectivity index (χ3v) is 2.30. The third-order valence-electron chi connectivity index (χ3n) is 2.30. The van der Waals surface area contributed by atoms with Crippen molar-refractivity contribution >= 4 is 5.97 Å². The first-order valence-electron chi connectivity index (χ1n) is 6.20. The Morgan fingerprint density at radius 3 is 2.38 bits per heavy atom. The molecule has 1 unspecified atom stereocenters.